The van der Waals surface area contributed by atoms with Gasteiger partial charge in [-0.1, -0.05) is 28.4 Å². The summed E-state index contributed by atoms with van der Waals surface area (Å²) in [5.41, 5.74) is 8.47. The van der Waals surface area contributed by atoms with Crippen LogP contribution in [0.4, 0.5) is 5.82 Å². The monoisotopic (exact) mass is 222 g/mol. The first-order chi connectivity index (χ1) is 7.08. The SMILES string of the molecule is Cc1cc(C)c(Cl)c(-c2cc(N)no2)c1. The second kappa shape index (κ2) is 3.59. The number of nitrogens with zero attached hydrogens (tertiary/aromatic N) is 1. The fraction of sp³-hybridized carbons (Fsp3) is 0.182. The highest BCUT2D eigenvalue weighted by atomic mass is 35.5. The molecule has 0 bridgehead atoms. The molecule has 0 fully saturated rings. The summed E-state index contributed by atoms with van der Waals surface area (Å²) >= 11 is 6.18. The fourth-order valence-electron chi connectivity index (χ4n) is 1.55. The van der Waals surface area contributed by atoms with Crippen LogP contribution in [0.2, 0.25) is 5.02 Å². The molecule has 0 aliphatic heterocycles. The van der Waals surface area contributed by atoms with Crippen LogP contribution in [0.1, 0.15) is 11.1 Å². The van der Waals surface area contributed by atoms with Gasteiger partial charge in [-0.3, -0.25) is 0 Å². The number of rotatable bonds is 1. The van der Waals surface area contributed by atoms with E-state index in [2.05, 4.69) is 5.16 Å². The maximum absolute atomic E-state index is 6.18. The van der Waals surface area contributed by atoms with Crippen molar-refractivity contribution in [1.29, 1.82) is 0 Å². The van der Waals surface area contributed by atoms with Gasteiger partial charge in [-0.05, 0) is 25.5 Å². The molecule has 3 nitrogen and oxygen atoms in total. The highest BCUT2D eigenvalue weighted by Gasteiger charge is 2.11. The Morgan fingerprint density at radius 3 is 2.60 bits per heavy atom. The van der Waals surface area contributed by atoms with Crippen molar-refractivity contribution >= 4 is 17.4 Å². The summed E-state index contributed by atoms with van der Waals surface area (Å²) < 4.78 is 5.08. The van der Waals surface area contributed by atoms with E-state index in [9.17, 15) is 0 Å². The predicted molar refractivity (Wildman–Crippen MR) is 60.8 cm³/mol. The molecule has 4 heteroatoms. The van der Waals surface area contributed by atoms with E-state index in [-0.39, 0.29) is 0 Å². The second-order valence-electron chi connectivity index (χ2n) is 3.56. The molecule has 1 heterocycles. The molecule has 0 unspecified atom stereocenters. The summed E-state index contributed by atoms with van der Waals surface area (Å²) in [6.07, 6.45) is 0. The van der Waals surface area contributed by atoms with Crippen molar-refractivity contribution in [2.45, 2.75) is 13.8 Å². The highest BCUT2D eigenvalue weighted by molar-refractivity contribution is 6.34. The van der Waals surface area contributed by atoms with Crippen LogP contribution in [-0.2, 0) is 0 Å². The van der Waals surface area contributed by atoms with Gasteiger partial charge in [0.05, 0.1) is 5.02 Å². The number of hydrogen-bond donors (Lipinski definition) is 1. The normalized spacial score (nSPS) is 10.6. The lowest BCUT2D eigenvalue weighted by molar-refractivity contribution is 0.436. The minimum absolute atomic E-state index is 0.361. The standard InChI is InChI=1S/C11H11ClN2O/c1-6-3-7(2)11(12)8(4-6)9-5-10(13)14-15-9/h3-5H,1-2H3,(H2,13,14). The molecular formula is C11H11ClN2O. The maximum Gasteiger partial charge on any atom is 0.170 e. The zero-order chi connectivity index (χ0) is 11.0. The van der Waals surface area contributed by atoms with Gasteiger partial charge in [-0.25, -0.2) is 0 Å². The first-order valence-corrected chi connectivity index (χ1v) is 4.95. The second-order valence-corrected chi connectivity index (χ2v) is 3.94. The molecule has 0 spiro atoms. The Morgan fingerprint density at radius 1 is 1.27 bits per heavy atom. The topological polar surface area (TPSA) is 52.0 Å². The molecule has 15 heavy (non-hydrogen) atoms. The van der Waals surface area contributed by atoms with Crippen LogP contribution in [-0.4, -0.2) is 5.16 Å². The van der Waals surface area contributed by atoms with E-state index in [4.69, 9.17) is 21.9 Å². The van der Waals surface area contributed by atoms with E-state index in [0.29, 0.717) is 16.6 Å². The van der Waals surface area contributed by atoms with Gasteiger partial charge in [0.15, 0.2) is 11.6 Å². The van der Waals surface area contributed by atoms with Gasteiger partial charge in [-0.2, -0.15) is 0 Å². The van der Waals surface area contributed by atoms with Gasteiger partial charge >= 0.3 is 0 Å². The van der Waals surface area contributed by atoms with Crippen LogP contribution >= 0.6 is 11.6 Å². The van der Waals surface area contributed by atoms with Gasteiger partial charge < -0.3 is 10.3 Å². The number of halogens is 1. The molecule has 2 rings (SSSR count). The lowest BCUT2D eigenvalue weighted by Gasteiger charge is -2.05. The Labute approximate surface area is 92.8 Å². The van der Waals surface area contributed by atoms with Gasteiger partial charge in [0.1, 0.15) is 0 Å². The van der Waals surface area contributed by atoms with Crippen LogP contribution in [0, 0.1) is 13.8 Å². The Bertz CT molecular complexity index is 505. The molecule has 0 atom stereocenters. The number of aryl methyl sites for hydroxylation is 2. The average molecular weight is 223 g/mol. The smallest absolute Gasteiger partial charge is 0.170 e. The third kappa shape index (κ3) is 1.83. The molecular weight excluding hydrogens is 212 g/mol. The summed E-state index contributed by atoms with van der Waals surface area (Å²) in [4.78, 5) is 0. The van der Waals surface area contributed by atoms with Gasteiger partial charge in [0.25, 0.3) is 0 Å². The van der Waals surface area contributed by atoms with Crippen LogP contribution in [0.25, 0.3) is 11.3 Å². The van der Waals surface area contributed by atoms with E-state index in [1.165, 1.54) is 0 Å². The maximum atomic E-state index is 6.18. The molecule has 0 aliphatic rings. The lowest BCUT2D eigenvalue weighted by atomic mass is 10.1. The summed E-state index contributed by atoms with van der Waals surface area (Å²) in [7, 11) is 0. The van der Waals surface area contributed by atoms with Gasteiger partial charge in [0.2, 0.25) is 0 Å². The minimum atomic E-state index is 0.361. The van der Waals surface area contributed by atoms with Crippen LogP contribution in [0.3, 0.4) is 0 Å². The summed E-state index contributed by atoms with van der Waals surface area (Å²) in [6, 6.07) is 5.64. The summed E-state index contributed by atoms with van der Waals surface area (Å²) in [5, 5.41) is 4.32. The first-order valence-electron chi connectivity index (χ1n) is 4.57. The van der Waals surface area contributed by atoms with E-state index in [0.717, 1.165) is 16.7 Å². The Kier molecular flexibility index (Phi) is 2.40. The third-order valence-electron chi connectivity index (χ3n) is 2.19. The lowest BCUT2D eigenvalue weighted by Crippen LogP contribution is -1.84. The van der Waals surface area contributed by atoms with E-state index < -0.39 is 0 Å². The molecule has 0 saturated heterocycles. The number of nitrogen functional groups attached to an aromatic ring is 1. The molecule has 2 N–H and O–H groups in total. The number of hydrogen-bond acceptors (Lipinski definition) is 3. The molecule has 0 aliphatic carbocycles. The Hall–Kier alpha value is -1.48. The molecule has 0 radical (unpaired) electrons. The average Bonchev–Trinajstić information content (AvgIpc) is 2.58. The largest absolute Gasteiger partial charge is 0.381 e. The molecule has 78 valence electrons. The van der Waals surface area contributed by atoms with Crippen LogP contribution in [0.5, 0.6) is 0 Å². The zero-order valence-electron chi connectivity index (χ0n) is 8.54. The van der Waals surface area contributed by atoms with Crippen molar-refractivity contribution in [3.8, 4) is 11.3 Å². The van der Waals surface area contributed by atoms with Crippen molar-refractivity contribution in [3.63, 3.8) is 0 Å². The first kappa shape index (κ1) is 10.1. The third-order valence-corrected chi connectivity index (χ3v) is 2.69. The van der Waals surface area contributed by atoms with Crippen LogP contribution in [0.15, 0.2) is 22.7 Å². The van der Waals surface area contributed by atoms with Crippen molar-refractivity contribution < 1.29 is 4.52 Å². The Balaban J connectivity index is 2.62. The molecule has 2 aromatic rings. The number of nitrogens with two attached hydrogens (primary N) is 1. The molecule has 1 aromatic heterocycles. The fourth-order valence-corrected chi connectivity index (χ4v) is 1.75. The summed E-state index contributed by atoms with van der Waals surface area (Å²) in [5.74, 6) is 0.963. The van der Waals surface area contributed by atoms with Crippen LogP contribution < -0.4 is 5.73 Å². The van der Waals surface area contributed by atoms with Gasteiger partial charge in [-0.15, -0.1) is 0 Å². The predicted octanol–water partition coefficient (Wildman–Crippen LogP) is 3.19. The summed E-state index contributed by atoms with van der Waals surface area (Å²) in [6.45, 7) is 3.96. The molecule has 1 aromatic carbocycles. The Morgan fingerprint density at radius 2 is 2.00 bits per heavy atom. The number of anilines is 1. The van der Waals surface area contributed by atoms with Crippen molar-refractivity contribution in [2.75, 3.05) is 5.73 Å². The van der Waals surface area contributed by atoms with Gasteiger partial charge in [0, 0.05) is 11.6 Å². The zero-order valence-corrected chi connectivity index (χ0v) is 9.30. The number of aromatic nitrogens is 1. The van der Waals surface area contributed by atoms with E-state index >= 15 is 0 Å². The minimum Gasteiger partial charge on any atom is -0.381 e. The number of benzene rings is 1. The van der Waals surface area contributed by atoms with Crippen molar-refractivity contribution in [2.24, 2.45) is 0 Å². The highest BCUT2D eigenvalue weighted by Crippen LogP contribution is 2.32. The van der Waals surface area contributed by atoms with E-state index in [1.54, 1.807) is 6.07 Å². The van der Waals surface area contributed by atoms with Crippen molar-refractivity contribution in [1.82, 2.24) is 5.16 Å². The van der Waals surface area contributed by atoms with Crippen molar-refractivity contribution in [3.05, 3.63) is 34.3 Å². The molecule has 0 amide bonds. The van der Waals surface area contributed by atoms with E-state index in [1.807, 2.05) is 26.0 Å². The quantitative estimate of drug-likeness (QED) is 0.806. The molecule has 0 saturated carbocycles.